The average molecular weight is 273 g/mol. The normalized spacial score (nSPS) is 10.3. The van der Waals surface area contributed by atoms with E-state index >= 15 is 0 Å². The van der Waals surface area contributed by atoms with Crippen molar-refractivity contribution in [3.63, 3.8) is 0 Å². The van der Waals surface area contributed by atoms with Crippen LogP contribution < -0.4 is 0 Å². The molecule has 13 heavy (non-hydrogen) atoms. The van der Waals surface area contributed by atoms with Crippen LogP contribution in [0.4, 0.5) is 0 Å². The van der Waals surface area contributed by atoms with E-state index in [-0.39, 0.29) is 0 Å². The molecule has 2 aromatic rings. The van der Waals surface area contributed by atoms with Gasteiger partial charge in [-0.1, -0.05) is 45.5 Å². The first-order chi connectivity index (χ1) is 6.27. The van der Waals surface area contributed by atoms with Crippen molar-refractivity contribution in [2.75, 3.05) is 0 Å². The SMILES string of the molecule is Sc1nnc(-c2ccccc2Br)s1. The molecule has 66 valence electrons. The van der Waals surface area contributed by atoms with Gasteiger partial charge in [-0.05, 0) is 6.07 Å². The molecule has 1 aromatic carbocycles. The van der Waals surface area contributed by atoms with E-state index in [9.17, 15) is 0 Å². The molecule has 1 heterocycles. The number of nitrogens with zero attached hydrogens (tertiary/aromatic N) is 2. The van der Waals surface area contributed by atoms with E-state index in [0.717, 1.165) is 15.0 Å². The summed E-state index contributed by atoms with van der Waals surface area (Å²) in [4.78, 5) is 0. The largest absolute Gasteiger partial charge is 0.171 e. The van der Waals surface area contributed by atoms with E-state index in [4.69, 9.17) is 0 Å². The van der Waals surface area contributed by atoms with Gasteiger partial charge < -0.3 is 0 Å². The third-order valence-corrected chi connectivity index (χ3v) is 3.33. The van der Waals surface area contributed by atoms with E-state index < -0.39 is 0 Å². The molecule has 2 nitrogen and oxygen atoms in total. The number of thiol groups is 1. The van der Waals surface area contributed by atoms with E-state index in [1.165, 1.54) is 11.3 Å². The Bertz CT molecular complexity index is 428. The van der Waals surface area contributed by atoms with Crippen molar-refractivity contribution < 1.29 is 0 Å². The minimum Gasteiger partial charge on any atom is -0.137 e. The van der Waals surface area contributed by atoms with Crippen molar-refractivity contribution in [3.8, 4) is 10.6 Å². The third-order valence-electron chi connectivity index (χ3n) is 1.52. The molecule has 0 spiro atoms. The molecule has 0 aliphatic rings. The molecule has 0 unspecified atom stereocenters. The maximum absolute atomic E-state index is 4.12. The first-order valence-electron chi connectivity index (χ1n) is 3.55. The van der Waals surface area contributed by atoms with E-state index in [1.807, 2.05) is 24.3 Å². The zero-order valence-electron chi connectivity index (χ0n) is 6.44. The summed E-state index contributed by atoms with van der Waals surface area (Å²) in [6, 6.07) is 7.92. The van der Waals surface area contributed by atoms with Crippen LogP contribution in [0.5, 0.6) is 0 Å². The number of halogens is 1. The Morgan fingerprint density at radius 3 is 2.62 bits per heavy atom. The number of rotatable bonds is 1. The third kappa shape index (κ3) is 1.92. The summed E-state index contributed by atoms with van der Waals surface area (Å²) in [5.41, 5.74) is 1.06. The summed E-state index contributed by atoms with van der Waals surface area (Å²) in [5, 5.41) is 8.74. The minimum absolute atomic E-state index is 0.686. The van der Waals surface area contributed by atoms with Gasteiger partial charge in [0, 0.05) is 10.0 Å². The second kappa shape index (κ2) is 3.77. The highest BCUT2D eigenvalue weighted by Crippen LogP contribution is 2.30. The molecule has 0 bridgehead atoms. The highest BCUT2D eigenvalue weighted by molar-refractivity contribution is 9.10. The molecule has 0 saturated carbocycles. The van der Waals surface area contributed by atoms with Crippen LogP contribution in [0.2, 0.25) is 0 Å². The topological polar surface area (TPSA) is 25.8 Å². The lowest BCUT2D eigenvalue weighted by Gasteiger charge is -1.96. The number of hydrogen-bond donors (Lipinski definition) is 1. The van der Waals surface area contributed by atoms with E-state index in [2.05, 4.69) is 38.8 Å². The fraction of sp³-hybridized carbons (Fsp3) is 0. The maximum atomic E-state index is 4.12. The molecule has 0 atom stereocenters. The van der Waals surface area contributed by atoms with E-state index in [0.29, 0.717) is 4.34 Å². The smallest absolute Gasteiger partial charge is 0.137 e. The van der Waals surface area contributed by atoms with Gasteiger partial charge in [-0.3, -0.25) is 0 Å². The molecule has 0 N–H and O–H groups in total. The minimum atomic E-state index is 0.686. The van der Waals surface area contributed by atoms with Crippen LogP contribution in [0.3, 0.4) is 0 Å². The molecule has 0 aliphatic heterocycles. The first-order valence-corrected chi connectivity index (χ1v) is 5.60. The summed E-state index contributed by atoms with van der Waals surface area (Å²) in [7, 11) is 0. The quantitative estimate of drug-likeness (QED) is 0.807. The predicted octanol–water partition coefficient (Wildman–Crippen LogP) is 3.26. The second-order valence-corrected chi connectivity index (χ2v) is 4.93. The van der Waals surface area contributed by atoms with Gasteiger partial charge in [0.25, 0.3) is 0 Å². The molecule has 0 fully saturated rings. The Morgan fingerprint density at radius 1 is 1.23 bits per heavy atom. The summed E-state index contributed by atoms with van der Waals surface area (Å²) in [6.07, 6.45) is 0. The zero-order chi connectivity index (χ0) is 9.26. The van der Waals surface area contributed by atoms with Crippen molar-refractivity contribution in [3.05, 3.63) is 28.7 Å². The van der Waals surface area contributed by atoms with Crippen LogP contribution in [-0.2, 0) is 0 Å². The predicted molar refractivity (Wildman–Crippen MR) is 60.3 cm³/mol. The Balaban J connectivity index is 2.52. The summed E-state index contributed by atoms with van der Waals surface area (Å²) >= 11 is 9.04. The molecule has 0 amide bonds. The van der Waals surface area contributed by atoms with Crippen LogP contribution in [0.25, 0.3) is 10.6 Å². The summed E-state index contributed by atoms with van der Waals surface area (Å²) < 4.78 is 1.71. The van der Waals surface area contributed by atoms with Gasteiger partial charge in [0.15, 0.2) is 4.34 Å². The van der Waals surface area contributed by atoms with Crippen molar-refractivity contribution in [1.82, 2.24) is 10.2 Å². The molecule has 1 aromatic heterocycles. The Hall–Kier alpha value is -0.390. The van der Waals surface area contributed by atoms with Gasteiger partial charge >= 0.3 is 0 Å². The lowest BCUT2D eigenvalue weighted by Crippen LogP contribution is -1.77. The molecular weight excluding hydrogens is 268 g/mol. The van der Waals surface area contributed by atoms with Crippen LogP contribution in [0, 0.1) is 0 Å². The highest BCUT2D eigenvalue weighted by atomic mass is 79.9. The molecule has 2 rings (SSSR count). The molecule has 0 radical (unpaired) electrons. The fourth-order valence-corrected chi connectivity index (χ4v) is 2.49. The van der Waals surface area contributed by atoms with Crippen LogP contribution in [-0.4, -0.2) is 10.2 Å². The number of aromatic nitrogens is 2. The van der Waals surface area contributed by atoms with Crippen molar-refractivity contribution >= 4 is 39.9 Å². The van der Waals surface area contributed by atoms with Crippen LogP contribution in [0.1, 0.15) is 0 Å². The summed E-state index contributed by atoms with van der Waals surface area (Å²) in [6.45, 7) is 0. The lowest BCUT2D eigenvalue weighted by atomic mass is 10.2. The Morgan fingerprint density at radius 2 is 2.00 bits per heavy atom. The fourth-order valence-electron chi connectivity index (χ4n) is 0.959. The summed E-state index contributed by atoms with van der Waals surface area (Å²) in [5.74, 6) is 0. The zero-order valence-corrected chi connectivity index (χ0v) is 9.73. The van der Waals surface area contributed by atoms with Crippen LogP contribution in [0.15, 0.2) is 33.1 Å². The first kappa shape index (κ1) is 9.18. The Labute approximate surface area is 93.6 Å². The van der Waals surface area contributed by atoms with Gasteiger partial charge in [0.2, 0.25) is 0 Å². The van der Waals surface area contributed by atoms with Crippen molar-refractivity contribution in [2.24, 2.45) is 0 Å². The number of hydrogen-bond acceptors (Lipinski definition) is 4. The second-order valence-electron chi connectivity index (χ2n) is 2.37. The average Bonchev–Trinajstić information content (AvgIpc) is 2.53. The van der Waals surface area contributed by atoms with Crippen molar-refractivity contribution in [2.45, 2.75) is 4.34 Å². The maximum Gasteiger partial charge on any atom is 0.171 e. The lowest BCUT2D eigenvalue weighted by molar-refractivity contribution is 1.02. The molecule has 0 saturated heterocycles. The van der Waals surface area contributed by atoms with Gasteiger partial charge in [-0.25, -0.2) is 0 Å². The molecule has 5 heteroatoms. The molecule has 0 aliphatic carbocycles. The monoisotopic (exact) mass is 272 g/mol. The van der Waals surface area contributed by atoms with Crippen molar-refractivity contribution in [1.29, 1.82) is 0 Å². The highest BCUT2D eigenvalue weighted by Gasteiger charge is 2.06. The van der Waals surface area contributed by atoms with Gasteiger partial charge in [0.1, 0.15) is 5.01 Å². The van der Waals surface area contributed by atoms with Crippen LogP contribution >= 0.6 is 39.9 Å². The van der Waals surface area contributed by atoms with Gasteiger partial charge in [-0.15, -0.1) is 22.8 Å². The van der Waals surface area contributed by atoms with Gasteiger partial charge in [0.05, 0.1) is 0 Å². The number of benzene rings is 1. The standard InChI is InChI=1S/C8H5BrN2S2/c9-6-4-2-1-3-5(6)7-10-11-8(12)13-7/h1-4H,(H,11,12). The molecular formula is C8H5BrN2S2. The van der Waals surface area contributed by atoms with E-state index in [1.54, 1.807) is 0 Å². The Kier molecular flexibility index (Phi) is 2.66. The van der Waals surface area contributed by atoms with Gasteiger partial charge in [-0.2, -0.15) is 0 Å².